The van der Waals surface area contributed by atoms with Crippen molar-refractivity contribution in [1.29, 1.82) is 0 Å². The first kappa shape index (κ1) is 16.0. The van der Waals surface area contributed by atoms with E-state index in [0.29, 0.717) is 24.4 Å². The number of benzene rings is 2. The standard InChI is InChI=1S/C21H24O2S/c1-21(2,3)24(22)23-13-14-12-19-15-8-4-6-10-17(15)20(14)18-11-7-5-9-16(18)19/h4-11,14,19-20H,12-13H2,1-3H3/t14-,19?,20?,24-/m0/s1. The van der Waals surface area contributed by atoms with Crippen molar-refractivity contribution >= 4 is 11.1 Å². The van der Waals surface area contributed by atoms with E-state index >= 15 is 0 Å². The highest BCUT2D eigenvalue weighted by molar-refractivity contribution is 7.81. The largest absolute Gasteiger partial charge is 0.290 e. The minimum Gasteiger partial charge on any atom is -0.290 e. The van der Waals surface area contributed by atoms with E-state index in [4.69, 9.17) is 4.18 Å². The molecule has 2 atom stereocenters. The van der Waals surface area contributed by atoms with E-state index in [1.165, 1.54) is 22.3 Å². The minimum absolute atomic E-state index is 0.330. The molecule has 2 nitrogen and oxygen atoms in total. The molecule has 0 aromatic heterocycles. The molecule has 0 radical (unpaired) electrons. The zero-order chi connectivity index (χ0) is 16.9. The lowest BCUT2D eigenvalue weighted by atomic mass is 9.59. The molecule has 0 heterocycles. The maximum atomic E-state index is 12.3. The Morgan fingerprint density at radius 1 is 0.958 bits per heavy atom. The predicted molar refractivity (Wildman–Crippen MR) is 98.5 cm³/mol. The molecule has 3 heteroatoms. The van der Waals surface area contributed by atoms with Crippen LogP contribution in [0.15, 0.2) is 48.5 Å². The van der Waals surface area contributed by atoms with Gasteiger partial charge in [-0.2, -0.15) is 0 Å². The van der Waals surface area contributed by atoms with Crippen molar-refractivity contribution in [2.24, 2.45) is 5.92 Å². The van der Waals surface area contributed by atoms with Gasteiger partial charge in [-0.25, -0.2) is 4.21 Å². The van der Waals surface area contributed by atoms with Crippen LogP contribution in [0.3, 0.4) is 0 Å². The third kappa shape index (κ3) is 2.55. The first-order valence-corrected chi connectivity index (χ1v) is 9.77. The van der Waals surface area contributed by atoms with Crippen molar-refractivity contribution < 1.29 is 8.39 Å². The van der Waals surface area contributed by atoms with Gasteiger partial charge in [-0.1, -0.05) is 48.5 Å². The molecule has 0 unspecified atom stereocenters. The lowest BCUT2D eigenvalue weighted by Crippen LogP contribution is -2.35. The van der Waals surface area contributed by atoms with Crippen LogP contribution in [0.4, 0.5) is 0 Å². The van der Waals surface area contributed by atoms with Crippen molar-refractivity contribution in [3.8, 4) is 0 Å². The van der Waals surface area contributed by atoms with Crippen LogP contribution < -0.4 is 0 Å². The van der Waals surface area contributed by atoms with E-state index in [1.54, 1.807) is 0 Å². The quantitative estimate of drug-likeness (QED) is 0.805. The van der Waals surface area contributed by atoms with Gasteiger partial charge in [0.25, 0.3) is 0 Å². The summed E-state index contributed by atoms with van der Waals surface area (Å²) in [5.74, 6) is 1.20. The number of hydrogen-bond acceptors (Lipinski definition) is 2. The normalized spacial score (nSPS) is 25.9. The SMILES string of the molecule is CC(C)(C)[S@@](=O)OC[C@@H]1CC2c3ccccc3C1c1ccccc12. The van der Waals surface area contributed by atoms with Crippen molar-refractivity contribution in [2.45, 2.75) is 43.8 Å². The van der Waals surface area contributed by atoms with Crippen LogP contribution in [0, 0.1) is 5.92 Å². The van der Waals surface area contributed by atoms with E-state index in [0.717, 1.165) is 6.42 Å². The van der Waals surface area contributed by atoms with Crippen LogP contribution in [0.25, 0.3) is 0 Å². The number of rotatable bonds is 3. The monoisotopic (exact) mass is 340 g/mol. The van der Waals surface area contributed by atoms with E-state index in [1.807, 2.05) is 20.8 Å². The Balaban J connectivity index is 1.67. The Morgan fingerprint density at radius 2 is 1.46 bits per heavy atom. The summed E-state index contributed by atoms with van der Waals surface area (Å²) in [6.07, 6.45) is 1.08. The van der Waals surface area contributed by atoms with Gasteiger partial charge in [-0.3, -0.25) is 4.18 Å². The molecule has 2 aromatic rings. The van der Waals surface area contributed by atoms with Crippen LogP contribution in [-0.4, -0.2) is 15.6 Å². The van der Waals surface area contributed by atoms with Crippen LogP contribution >= 0.6 is 0 Å². The third-order valence-electron chi connectivity index (χ3n) is 5.31. The van der Waals surface area contributed by atoms with Gasteiger partial charge in [0.05, 0.1) is 11.4 Å². The van der Waals surface area contributed by atoms with Crippen molar-refractivity contribution in [2.75, 3.05) is 6.61 Å². The molecule has 2 bridgehead atoms. The molecule has 0 aliphatic heterocycles. The fraction of sp³-hybridized carbons (Fsp3) is 0.429. The lowest BCUT2D eigenvalue weighted by molar-refractivity contribution is 0.217. The summed E-state index contributed by atoms with van der Waals surface area (Å²) in [6.45, 7) is 6.44. The molecular formula is C21H24O2S. The average Bonchev–Trinajstić information content (AvgIpc) is 2.59. The second-order valence-corrected chi connectivity index (χ2v) is 9.85. The molecule has 24 heavy (non-hydrogen) atoms. The predicted octanol–water partition coefficient (Wildman–Crippen LogP) is 4.76. The van der Waals surface area contributed by atoms with Gasteiger partial charge in [-0.05, 0) is 55.4 Å². The molecule has 5 rings (SSSR count). The first-order chi connectivity index (χ1) is 11.5. The van der Waals surface area contributed by atoms with Gasteiger partial charge >= 0.3 is 0 Å². The number of hydrogen-bond donors (Lipinski definition) is 0. The Bertz CT molecular complexity index is 743. The molecule has 0 saturated carbocycles. The van der Waals surface area contributed by atoms with E-state index in [2.05, 4.69) is 48.5 Å². The lowest BCUT2D eigenvalue weighted by Gasteiger charge is -2.45. The third-order valence-corrected chi connectivity index (χ3v) is 6.66. The second kappa shape index (κ2) is 5.82. The van der Waals surface area contributed by atoms with Gasteiger partial charge in [0.2, 0.25) is 0 Å². The zero-order valence-corrected chi connectivity index (χ0v) is 15.3. The highest BCUT2D eigenvalue weighted by atomic mass is 32.2. The molecule has 3 aliphatic rings. The summed E-state index contributed by atoms with van der Waals surface area (Å²) in [5.41, 5.74) is 5.80. The maximum absolute atomic E-state index is 12.3. The van der Waals surface area contributed by atoms with Crippen LogP contribution in [-0.2, 0) is 15.3 Å². The summed E-state index contributed by atoms with van der Waals surface area (Å²) in [5, 5.41) is 0. The van der Waals surface area contributed by atoms with E-state index in [-0.39, 0.29) is 4.75 Å². The fourth-order valence-corrected chi connectivity index (χ4v) is 4.90. The molecule has 0 spiro atoms. The minimum atomic E-state index is -1.26. The summed E-state index contributed by atoms with van der Waals surface area (Å²) < 4.78 is 17.8. The van der Waals surface area contributed by atoms with Crippen molar-refractivity contribution in [1.82, 2.24) is 0 Å². The van der Waals surface area contributed by atoms with E-state index in [9.17, 15) is 4.21 Å². The summed E-state index contributed by atoms with van der Waals surface area (Å²) in [4.78, 5) is 0. The van der Waals surface area contributed by atoms with Crippen molar-refractivity contribution in [3.63, 3.8) is 0 Å². The molecule has 0 amide bonds. The average molecular weight is 340 g/mol. The van der Waals surface area contributed by atoms with Gasteiger partial charge < -0.3 is 0 Å². The van der Waals surface area contributed by atoms with Crippen LogP contribution in [0.5, 0.6) is 0 Å². The molecule has 2 aromatic carbocycles. The Kier molecular flexibility index (Phi) is 3.89. The first-order valence-electron chi connectivity index (χ1n) is 8.69. The van der Waals surface area contributed by atoms with Crippen LogP contribution in [0.1, 0.15) is 61.3 Å². The smallest absolute Gasteiger partial charge is 0.160 e. The van der Waals surface area contributed by atoms with Gasteiger partial charge in [0, 0.05) is 11.8 Å². The Morgan fingerprint density at radius 3 is 1.96 bits per heavy atom. The maximum Gasteiger partial charge on any atom is 0.160 e. The topological polar surface area (TPSA) is 26.3 Å². The highest BCUT2D eigenvalue weighted by Crippen LogP contribution is 2.55. The second-order valence-electron chi connectivity index (χ2n) is 7.92. The van der Waals surface area contributed by atoms with Gasteiger partial charge in [0.15, 0.2) is 11.1 Å². The molecule has 3 aliphatic carbocycles. The summed E-state index contributed by atoms with van der Waals surface area (Å²) in [6, 6.07) is 17.6. The molecule has 0 saturated heterocycles. The number of fused-ring (bicyclic) bond motifs is 1. The molecular weight excluding hydrogens is 316 g/mol. The Hall–Kier alpha value is -1.45. The molecule has 0 N–H and O–H groups in total. The summed E-state index contributed by atoms with van der Waals surface area (Å²) in [7, 11) is 0. The fourth-order valence-electron chi connectivity index (χ4n) is 4.25. The van der Waals surface area contributed by atoms with Gasteiger partial charge in [-0.15, -0.1) is 0 Å². The highest BCUT2D eigenvalue weighted by Gasteiger charge is 2.43. The zero-order valence-electron chi connectivity index (χ0n) is 14.5. The molecule has 0 fully saturated rings. The van der Waals surface area contributed by atoms with Crippen LogP contribution in [0.2, 0.25) is 0 Å². The Labute approximate surface area is 146 Å². The molecule has 126 valence electrons. The van der Waals surface area contributed by atoms with Crippen molar-refractivity contribution in [3.05, 3.63) is 70.8 Å². The van der Waals surface area contributed by atoms with Gasteiger partial charge in [0.1, 0.15) is 0 Å². The van der Waals surface area contributed by atoms with E-state index < -0.39 is 11.1 Å². The summed E-state index contributed by atoms with van der Waals surface area (Å²) >= 11 is -1.26.